The van der Waals surface area contributed by atoms with Crippen molar-refractivity contribution in [2.24, 2.45) is 5.73 Å². The van der Waals surface area contributed by atoms with Gasteiger partial charge in [0.15, 0.2) is 0 Å². The maximum absolute atomic E-state index is 14.3. The molecule has 0 aliphatic heterocycles. The number of unbranched alkanes of at least 4 members (excludes halogenated alkanes) is 1. The van der Waals surface area contributed by atoms with Gasteiger partial charge in [0.2, 0.25) is 5.13 Å². The Bertz CT molecular complexity index is 835. The van der Waals surface area contributed by atoms with Gasteiger partial charge in [0.25, 0.3) is 10.0 Å². The summed E-state index contributed by atoms with van der Waals surface area (Å²) in [6.07, 6.45) is 2.95. The molecule has 1 aromatic carbocycles. The number of aromatic nitrogens is 2. The normalized spacial score (nSPS) is 12.7. The van der Waals surface area contributed by atoms with Crippen molar-refractivity contribution in [2.75, 3.05) is 29.7 Å². The van der Waals surface area contributed by atoms with Crippen molar-refractivity contribution in [3.05, 3.63) is 29.3 Å². The van der Waals surface area contributed by atoms with Gasteiger partial charge in [-0.25, -0.2) is 17.8 Å². The highest BCUT2D eigenvalue weighted by atomic mass is 35.5. The predicted octanol–water partition coefficient (Wildman–Crippen LogP) is 2.26. The molecule has 0 amide bonds. The van der Waals surface area contributed by atoms with Gasteiger partial charge in [-0.3, -0.25) is 4.72 Å². The van der Waals surface area contributed by atoms with E-state index in [2.05, 4.69) is 24.7 Å². The zero-order chi connectivity index (χ0) is 19.9. The average Bonchev–Trinajstić information content (AvgIpc) is 3.12. The fraction of sp³-hybridized carbons (Fsp3) is 0.467. The molecule has 0 aliphatic rings. The van der Waals surface area contributed by atoms with E-state index < -0.39 is 20.7 Å². The van der Waals surface area contributed by atoms with Gasteiger partial charge < -0.3 is 16.4 Å². The van der Waals surface area contributed by atoms with Crippen LogP contribution in [0.4, 0.5) is 15.2 Å². The summed E-state index contributed by atoms with van der Waals surface area (Å²) in [6, 6.07) is 2.42. The molecule has 1 heterocycles. The summed E-state index contributed by atoms with van der Waals surface area (Å²) in [7, 11) is -4.14. The zero-order valence-electron chi connectivity index (χ0n) is 14.7. The van der Waals surface area contributed by atoms with Crippen molar-refractivity contribution in [1.82, 2.24) is 14.7 Å². The van der Waals surface area contributed by atoms with E-state index in [9.17, 15) is 12.8 Å². The number of hydrogen-bond donors (Lipinski definition) is 4. The first kappa shape index (κ1) is 21.8. The first-order valence-electron chi connectivity index (χ1n) is 8.29. The molecule has 150 valence electrons. The summed E-state index contributed by atoms with van der Waals surface area (Å²) >= 11 is 6.96. The highest BCUT2D eigenvalue weighted by Gasteiger charge is 2.22. The van der Waals surface area contributed by atoms with E-state index in [-0.39, 0.29) is 16.2 Å². The third-order valence-electron chi connectivity index (χ3n) is 3.66. The smallest absolute Gasteiger partial charge is 0.266 e. The Hall–Kier alpha value is -1.53. The second kappa shape index (κ2) is 10.1. The van der Waals surface area contributed by atoms with Gasteiger partial charge in [0.05, 0.1) is 10.7 Å². The maximum atomic E-state index is 14.3. The Morgan fingerprint density at radius 1 is 1.33 bits per heavy atom. The monoisotopic (exact) mass is 436 g/mol. The molecule has 0 saturated heterocycles. The lowest BCUT2D eigenvalue weighted by Crippen LogP contribution is -2.33. The van der Waals surface area contributed by atoms with E-state index in [1.165, 1.54) is 6.33 Å². The summed E-state index contributed by atoms with van der Waals surface area (Å²) in [5, 5.41) is 6.45. The van der Waals surface area contributed by atoms with Crippen molar-refractivity contribution in [2.45, 2.75) is 30.7 Å². The second-order valence-electron chi connectivity index (χ2n) is 5.84. The number of sulfonamides is 1. The Morgan fingerprint density at radius 3 is 2.74 bits per heavy atom. The third-order valence-corrected chi connectivity index (χ3v) is 6.04. The van der Waals surface area contributed by atoms with Crippen molar-refractivity contribution in [3.63, 3.8) is 0 Å². The third kappa shape index (κ3) is 6.54. The largest absolute Gasteiger partial charge is 0.384 e. The molecule has 5 N–H and O–H groups in total. The van der Waals surface area contributed by atoms with Crippen LogP contribution in [0, 0.1) is 5.82 Å². The van der Waals surface area contributed by atoms with Crippen LogP contribution < -0.4 is 21.1 Å². The molecular weight excluding hydrogens is 415 g/mol. The summed E-state index contributed by atoms with van der Waals surface area (Å²) in [6.45, 7) is 4.00. The number of benzene rings is 1. The predicted molar refractivity (Wildman–Crippen MR) is 106 cm³/mol. The van der Waals surface area contributed by atoms with Crippen LogP contribution in [-0.4, -0.2) is 43.5 Å². The lowest BCUT2D eigenvalue weighted by molar-refractivity contribution is 0.537. The molecule has 8 nitrogen and oxygen atoms in total. The van der Waals surface area contributed by atoms with Gasteiger partial charge in [-0.1, -0.05) is 11.6 Å². The summed E-state index contributed by atoms with van der Waals surface area (Å²) in [5.74, 6) is -0.905. The second-order valence-corrected chi connectivity index (χ2v) is 8.68. The van der Waals surface area contributed by atoms with Crippen molar-refractivity contribution in [1.29, 1.82) is 0 Å². The van der Waals surface area contributed by atoms with E-state index in [0.29, 0.717) is 18.8 Å². The fourth-order valence-corrected chi connectivity index (χ4v) is 4.21. The molecule has 0 fully saturated rings. The minimum atomic E-state index is -4.14. The molecule has 0 radical (unpaired) electrons. The molecular formula is C15H22ClFN6O2S2. The van der Waals surface area contributed by atoms with Crippen LogP contribution in [0.15, 0.2) is 23.4 Å². The summed E-state index contributed by atoms with van der Waals surface area (Å²) in [4.78, 5) is 3.17. The Balaban J connectivity index is 1.94. The van der Waals surface area contributed by atoms with Crippen LogP contribution in [0.5, 0.6) is 0 Å². The van der Waals surface area contributed by atoms with Gasteiger partial charge in [0.1, 0.15) is 17.0 Å². The Labute approximate surface area is 166 Å². The minimum absolute atomic E-state index is 0.0466. The molecule has 1 unspecified atom stereocenters. The van der Waals surface area contributed by atoms with E-state index in [1.54, 1.807) is 0 Å². The van der Waals surface area contributed by atoms with Gasteiger partial charge in [0, 0.05) is 30.7 Å². The topological polar surface area (TPSA) is 122 Å². The number of anilines is 2. The SMILES string of the molecule is CC(CN)NCCCCNc1cc(F)c(S(=O)(=O)Nc2ncns2)cc1Cl. The highest BCUT2D eigenvalue weighted by Crippen LogP contribution is 2.29. The number of nitrogens with zero attached hydrogens (tertiary/aromatic N) is 2. The Morgan fingerprint density at radius 2 is 2.07 bits per heavy atom. The van der Waals surface area contributed by atoms with E-state index in [0.717, 1.165) is 43.1 Å². The number of rotatable bonds is 11. The summed E-state index contributed by atoms with van der Waals surface area (Å²) < 4.78 is 44.8. The molecule has 1 aromatic heterocycles. The highest BCUT2D eigenvalue weighted by molar-refractivity contribution is 7.93. The molecule has 0 aliphatic carbocycles. The van der Waals surface area contributed by atoms with Crippen LogP contribution >= 0.6 is 23.1 Å². The van der Waals surface area contributed by atoms with Gasteiger partial charge in [-0.2, -0.15) is 4.37 Å². The molecule has 12 heteroatoms. The fourth-order valence-electron chi connectivity index (χ4n) is 2.16. The lowest BCUT2D eigenvalue weighted by Gasteiger charge is -2.13. The van der Waals surface area contributed by atoms with Crippen LogP contribution in [0.2, 0.25) is 5.02 Å². The summed E-state index contributed by atoms with van der Waals surface area (Å²) in [5.41, 5.74) is 5.86. The van der Waals surface area contributed by atoms with Crippen molar-refractivity contribution >= 4 is 44.0 Å². The molecule has 0 saturated carbocycles. The average molecular weight is 437 g/mol. The van der Waals surface area contributed by atoms with Gasteiger partial charge in [-0.05, 0) is 38.4 Å². The first-order chi connectivity index (χ1) is 12.8. The molecule has 0 bridgehead atoms. The number of hydrogen-bond acceptors (Lipinski definition) is 8. The standard InChI is InChI=1S/C15H22ClFN6O2S2/c1-10(8-18)19-4-2-3-5-20-13-7-12(17)14(6-11(13)16)27(24,25)23-15-21-9-22-26-15/h6-7,9-10,19-20H,2-5,8,18H2,1H3,(H,21,22,23). The van der Waals surface area contributed by atoms with Crippen LogP contribution in [0.1, 0.15) is 19.8 Å². The van der Waals surface area contributed by atoms with Crippen LogP contribution in [0.3, 0.4) is 0 Å². The van der Waals surface area contributed by atoms with E-state index in [1.807, 2.05) is 6.92 Å². The Kier molecular flexibility index (Phi) is 8.17. The number of nitrogens with one attached hydrogen (secondary N) is 3. The van der Waals surface area contributed by atoms with Crippen LogP contribution in [-0.2, 0) is 10.0 Å². The first-order valence-corrected chi connectivity index (χ1v) is 10.9. The van der Waals surface area contributed by atoms with Crippen molar-refractivity contribution < 1.29 is 12.8 Å². The minimum Gasteiger partial charge on any atom is -0.384 e. The van der Waals surface area contributed by atoms with Crippen molar-refractivity contribution in [3.8, 4) is 0 Å². The lowest BCUT2D eigenvalue weighted by atomic mass is 10.2. The zero-order valence-corrected chi connectivity index (χ0v) is 17.1. The molecule has 27 heavy (non-hydrogen) atoms. The van der Waals surface area contributed by atoms with E-state index in [4.69, 9.17) is 17.3 Å². The van der Waals surface area contributed by atoms with Gasteiger partial charge >= 0.3 is 0 Å². The molecule has 2 rings (SSSR count). The number of nitrogens with two attached hydrogens (primary N) is 1. The number of halogens is 2. The maximum Gasteiger partial charge on any atom is 0.266 e. The molecule has 2 aromatic rings. The van der Waals surface area contributed by atoms with Crippen LogP contribution in [0.25, 0.3) is 0 Å². The molecule has 1 atom stereocenters. The molecule has 0 spiro atoms. The quantitative estimate of drug-likeness (QED) is 0.398. The van der Waals surface area contributed by atoms with Gasteiger partial charge in [-0.15, -0.1) is 0 Å². The van der Waals surface area contributed by atoms with E-state index >= 15 is 0 Å².